The first-order valence-electron chi connectivity index (χ1n) is 7.82. The topological polar surface area (TPSA) is 84.7 Å². The molecule has 7 nitrogen and oxygen atoms in total. The zero-order chi connectivity index (χ0) is 18.7. The standard InChI is InChI=1S/C17H15Cl2N3O4/c18-12-8-13(19)10-14(9-12)20-17(23)11-1-2-15(16(7-11)22(24)25)21-3-5-26-6-4-21/h1-2,7-10H,3-6H2,(H,20,23). The molecule has 0 spiro atoms. The molecule has 1 amide bonds. The van der Waals surface area contributed by atoms with E-state index >= 15 is 0 Å². The molecule has 2 aromatic carbocycles. The second kappa shape index (κ2) is 7.90. The summed E-state index contributed by atoms with van der Waals surface area (Å²) < 4.78 is 5.27. The van der Waals surface area contributed by atoms with Crippen molar-refractivity contribution in [2.24, 2.45) is 0 Å². The van der Waals surface area contributed by atoms with Crippen LogP contribution in [0, 0.1) is 10.1 Å². The summed E-state index contributed by atoms with van der Waals surface area (Å²) in [6.07, 6.45) is 0. The van der Waals surface area contributed by atoms with Crippen LogP contribution in [0.2, 0.25) is 10.0 Å². The molecule has 1 fully saturated rings. The van der Waals surface area contributed by atoms with Crippen LogP contribution < -0.4 is 10.2 Å². The summed E-state index contributed by atoms with van der Waals surface area (Å²) in [7, 11) is 0. The number of nitro benzene ring substituents is 1. The maximum absolute atomic E-state index is 12.4. The SMILES string of the molecule is O=C(Nc1cc(Cl)cc(Cl)c1)c1ccc(N2CCOCC2)c([N+](=O)[O-])c1. The predicted octanol–water partition coefficient (Wildman–Crippen LogP) is 3.99. The van der Waals surface area contributed by atoms with Crippen LogP contribution in [0.3, 0.4) is 0 Å². The van der Waals surface area contributed by atoms with Crippen molar-refractivity contribution in [2.75, 3.05) is 36.5 Å². The van der Waals surface area contributed by atoms with E-state index in [0.717, 1.165) is 0 Å². The molecule has 2 aromatic rings. The molecule has 1 N–H and O–H groups in total. The summed E-state index contributed by atoms with van der Waals surface area (Å²) in [5.41, 5.74) is 0.932. The number of nitrogens with zero attached hydrogens (tertiary/aromatic N) is 2. The summed E-state index contributed by atoms with van der Waals surface area (Å²) in [5, 5.41) is 14.9. The van der Waals surface area contributed by atoms with Crippen molar-refractivity contribution >= 4 is 46.2 Å². The lowest BCUT2D eigenvalue weighted by Gasteiger charge is -2.28. The van der Waals surface area contributed by atoms with Crippen LogP contribution >= 0.6 is 23.2 Å². The number of amides is 1. The van der Waals surface area contributed by atoms with Gasteiger partial charge in [-0.1, -0.05) is 23.2 Å². The number of morpholine rings is 1. The molecule has 0 aliphatic carbocycles. The number of anilines is 2. The van der Waals surface area contributed by atoms with Gasteiger partial charge in [0.2, 0.25) is 0 Å². The Morgan fingerprint density at radius 1 is 1.12 bits per heavy atom. The molecule has 0 saturated carbocycles. The summed E-state index contributed by atoms with van der Waals surface area (Å²) in [6, 6.07) is 9.04. The number of rotatable bonds is 4. The molecule has 136 valence electrons. The zero-order valence-electron chi connectivity index (χ0n) is 13.6. The summed E-state index contributed by atoms with van der Waals surface area (Å²) in [4.78, 5) is 25.3. The highest BCUT2D eigenvalue weighted by molar-refractivity contribution is 6.35. The Balaban J connectivity index is 1.86. The molecule has 0 bridgehead atoms. The molecule has 1 aliphatic heterocycles. The van der Waals surface area contributed by atoms with Gasteiger partial charge in [0, 0.05) is 40.5 Å². The van der Waals surface area contributed by atoms with Gasteiger partial charge < -0.3 is 15.0 Å². The first kappa shape index (κ1) is 18.4. The third-order valence-corrected chi connectivity index (χ3v) is 4.34. The zero-order valence-corrected chi connectivity index (χ0v) is 15.1. The fraction of sp³-hybridized carbons (Fsp3) is 0.235. The Kier molecular flexibility index (Phi) is 5.61. The quantitative estimate of drug-likeness (QED) is 0.624. The number of ether oxygens (including phenoxy) is 1. The average Bonchev–Trinajstić information content (AvgIpc) is 2.61. The fourth-order valence-electron chi connectivity index (χ4n) is 2.71. The van der Waals surface area contributed by atoms with Crippen molar-refractivity contribution in [3.05, 3.63) is 62.1 Å². The van der Waals surface area contributed by atoms with Crippen molar-refractivity contribution in [1.29, 1.82) is 0 Å². The molecule has 9 heteroatoms. The van der Waals surface area contributed by atoms with Crippen LogP contribution in [-0.4, -0.2) is 37.1 Å². The van der Waals surface area contributed by atoms with E-state index in [1.165, 1.54) is 6.07 Å². The minimum atomic E-state index is -0.488. The van der Waals surface area contributed by atoms with Gasteiger partial charge in [-0.05, 0) is 30.3 Å². The molecule has 1 heterocycles. The maximum Gasteiger partial charge on any atom is 0.293 e. The molecule has 0 unspecified atom stereocenters. The van der Waals surface area contributed by atoms with E-state index in [0.29, 0.717) is 47.7 Å². The normalized spacial score (nSPS) is 14.2. The van der Waals surface area contributed by atoms with E-state index in [9.17, 15) is 14.9 Å². The minimum absolute atomic E-state index is 0.122. The average molecular weight is 396 g/mol. The molecule has 1 aliphatic rings. The largest absolute Gasteiger partial charge is 0.378 e. The van der Waals surface area contributed by atoms with Crippen LogP contribution in [-0.2, 0) is 4.74 Å². The van der Waals surface area contributed by atoms with Gasteiger partial charge in [-0.15, -0.1) is 0 Å². The van der Waals surface area contributed by atoms with Crippen LogP contribution in [0.4, 0.5) is 17.1 Å². The van der Waals surface area contributed by atoms with Crippen molar-refractivity contribution in [3.63, 3.8) is 0 Å². The predicted molar refractivity (Wildman–Crippen MR) is 101 cm³/mol. The fourth-order valence-corrected chi connectivity index (χ4v) is 3.24. The number of hydrogen-bond donors (Lipinski definition) is 1. The molecular formula is C17H15Cl2N3O4. The number of carbonyl (C=O) groups excluding carboxylic acids is 1. The Hall–Kier alpha value is -2.35. The van der Waals surface area contributed by atoms with Crippen LogP contribution in [0.25, 0.3) is 0 Å². The highest BCUT2D eigenvalue weighted by Crippen LogP contribution is 2.30. The first-order chi connectivity index (χ1) is 12.4. The van der Waals surface area contributed by atoms with E-state index < -0.39 is 10.8 Å². The molecule has 26 heavy (non-hydrogen) atoms. The molecule has 0 aromatic heterocycles. The van der Waals surface area contributed by atoms with Crippen LogP contribution in [0.15, 0.2) is 36.4 Å². The van der Waals surface area contributed by atoms with Crippen molar-refractivity contribution in [1.82, 2.24) is 0 Å². The van der Waals surface area contributed by atoms with E-state index in [1.807, 2.05) is 4.90 Å². The lowest BCUT2D eigenvalue weighted by atomic mass is 10.1. The maximum atomic E-state index is 12.4. The van der Waals surface area contributed by atoms with E-state index in [2.05, 4.69) is 5.32 Å². The Morgan fingerprint density at radius 2 is 1.77 bits per heavy atom. The summed E-state index contributed by atoms with van der Waals surface area (Å²) in [5.74, 6) is -0.486. The van der Waals surface area contributed by atoms with Gasteiger partial charge in [0.1, 0.15) is 5.69 Å². The van der Waals surface area contributed by atoms with E-state index in [4.69, 9.17) is 27.9 Å². The Labute approximate surface area is 159 Å². The van der Waals surface area contributed by atoms with Gasteiger partial charge in [-0.3, -0.25) is 14.9 Å². The molecule has 0 atom stereocenters. The number of hydrogen-bond acceptors (Lipinski definition) is 5. The number of nitro groups is 1. The van der Waals surface area contributed by atoms with Gasteiger partial charge in [-0.25, -0.2) is 0 Å². The highest BCUT2D eigenvalue weighted by atomic mass is 35.5. The first-order valence-corrected chi connectivity index (χ1v) is 8.58. The molecule has 1 saturated heterocycles. The molecule has 3 rings (SSSR count). The van der Waals surface area contributed by atoms with Crippen molar-refractivity contribution in [2.45, 2.75) is 0 Å². The van der Waals surface area contributed by atoms with Gasteiger partial charge in [0.25, 0.3) is 11.6 Å². The Bertz CT molecular complexity index is 834. The van der Waals surface area contributed by atoms with Crippen molar-refractivity contribution in [3.8, 4) is 0 Å². The lowest BCUT2D eigenvalue weighted by molar-refractivity contribution is -0.384. The minimum Gasteiger partial charge on any atom is -0.378 e. The number of carbonyl (C=O) groups is 1. The van der Waals surface area contributed by atoms with E-state index in [1.54, 1.807) is 30.3 Å². The van der Waals surface area contributed by atoms with Crippen LogP contribution in [0.1, 0.15) is 10.4 Å². The second-order valence-corrected chi connectivity index (χ2v) is 6.55. The number of halogens is 2. The van der Waals surface area contributed by atoms with Gasteiger partial charge in [0.15, 0.2) is 0 Å². The number of benzene rings is 2. The highest BCUT2D eigenvalue weighted by Gasteiger charge is 2.23. The van der Waals surface area contributed by atoms with Gasteiger partial charge in [0.05, 0.1) is 18.1 Å². The van der Waals surface area contributed by atoms with Crippen molar-refractivity contribution < 1.29 is 14.5 Å². The van der Waals surface area contributed by atoms with Gasteiger partial charge >= 0.3 is 0 Å². The third kappa shape index (κ3) is 4.24. The monoisotopic (exact) mass is 395 g/mol. The summed E-state index contributed by atoms with van der Waals surface area (Å²) >= 11 is 11.8. The van der Waals surface area contributed by atoms with Crippen LogP contribution in [0.5, 0.6) is 0 Å². The van der Waals surface area contributed by atoms with E-state index in [-0.39, 0.29) is 11.3 Å². The number of nitrogens with one attached hydrogen (secondary N) is 1. The third-order valence-electron chi connectivity index (χ3n) is 3.91. The van der Waals surface area contributed by atoms with Gasteiger partial charge in [-0.2, -0.15) is 0 Å². The second-order valence-electron chi connectivity index (χ2n) is 5.67. The smallest absolute Gasteiger partial charge is 0.293 e. The molecular weight excluding hydrogens is 381 g/mol. The summed E-state index contributed by atoms with van der Waals surface area (Å²) in [6.45, 7) is 2.14. The molecule has 0 radical (unpaired) electrons. The Morgan fingerprint density at radius 3 is 2.38 bits per heavy atom. The lowest BCUT2D eigenvalue weighted by Crippen LogP contribution is -2.36.